The Morgan fingerprint density at radius 2 is 1.69 bits per heavy atom. The number of aliphatic hydroxyl groups is 2. The van der Waals surface area contributed by atoms with E-state index in [2.05, 4.69) is 4.98 Å². The van der Waals surface area contributed by atoms with Crippen molar-refractivity contribution in [1.82, 2.24) is 14.9 Å². The van der Waals surface area contributed by atoms with Crippen LogP contribution in [-0.4, -0.2) is 63.2 Å². The molecule has 39 heavy (non-hydrogen) atoms. The molecule has 3 atom stereocenters. The molecule has 4 rings (SSSR count). The second-order valence-electron chi connectivity index (χ2n) is 9.74. The lowest BCUT2D eigenvalue weighted by molar-refractivity contribution is -0.156. The Morgan fingerprint density at radius 3 is 2.23 bits per heavy atom. The van der Waals surface area contributed by atoms with Crippen LogP contribution in [0.5, 0.6) is 0 Å². The van der Waals surface area contributed by atoms with E-state index in [1.807, 2.05) is 0 Å². The maximum absolute atomic E-state index is 14.8. The van der Waals surface area contributed by atoms with Crippen LogP contribution in [0.25, 0.3) is 16.7 Å². The maximum atomic E-state index is 14.8. The van der Waals surface area contributed by atoms with Crippen LogP contribution >= 0.6 is 0 Å². The Morgan fingerprint density at radius 1 is 1.10 bits per heavy atom. The smallest absolute Gasteiger partial charge is 0.389 e. The van der Waals surface area contributed by atoms with E-state index in [0.29, 0.717) is 22.9 Å². The van der Waals surface area contributed by atoms with Gasteiger partial charge in [-0.1, -0.05) is 13.8 Å². The lowest BCUT2D eigenvalue weighted by atomic mass is 10.0. The zero-order valence-corrected chi connectivity index (χ0v) is 20.6. The number of pyridine rings is 2. The first-order chi connectivity index (χ1) is 18.2. The van der Waals surface area contributed by atoms with Crippen LogP contribution in [0, 0.1) is 23.4 Å². The van der Waals surface area contributed by atoms with Gasteiger partial charge in [0.25, 0.3) is 5.91 Å². The van der Waals surface area contributed by atoms with Gasteiger partial charge in [0.15, 0.2) is 17.3 Å². The SMILES string of the molecule is CC(C)CC(NC(=O)c1cn(-c2c(F)cc(F)cc2F)c2nc(N3C[C@@H](O)[C@H](O)C3)ccc2c1=O)C(F)(F)F. The first-order valence-electron chi connectivity index (χ1n) is 11.9. The molecular weight excluding hydrogens is 534 g/mol. The molecule has 0 aliphatic carbocycles. The van der Waals surface area contributed by atoms with E-state index in [-0.39, 0.29) is 24.3 Å². The van der Waals surface area contributed by atoms with Crippen LogP contribution in [0.15, 0.2) is 35.3 Å². The number of anilines is 1. The summed E-state index contributed by atoms with van der Waals surface area (Å²) in [6.45, 7) is 2.90. The number of carbonyl (C=O) groups is 1. The number of nitrogens with one attached hydrogen (secondary N) is 1. The zero-order valence-electron chi connectivity index (χ0n) is 20.6. The van der Waals surface area contributed by atoms with Crippen molar-refractivity contribution in [3.8, 4) is 5.69 Å². The van der Waals surface area contributed by atoms with Gasteiger partial charge < -0.3 is 20.4 Å². The Labute approximate surface area is 217 Å². The summed E-state index contributed by atoms with van der Waals surface area (Å²) in [5, 5.41) is 21.1. The van der Waals surface area contributed by atoms with E-state index in [9.17, 15) is 46.1 Å². The van der Waals surface area contributed by atoms with Gasteiger partial charge in [0.05, 0.1) is 17.6 Å². The number of aromatic nitrogens is 2. The number of hydrogen-bond donors (Lipinski definition) is 3. The van der Waals surface area contributed by atoms with Gasteiger partial charge in [-0.3, -0.25) is 14.2 Å². The number of hydrogen-bond acceptors (Lipinski definition) is 6. The van der Waals surface area contributed by atoms with Gasteiger partial charge in [-0.05, 0) is 24.5 Å². The van der Waals surface area contributed by atoms with E-state index < -0.39 is 82.5 Å². The molecule has 0 bridgehead atoms. The number of benzene rings is 1. The molecule has 3 heterocycles. The second-order valence-corrected chi connectivity index (χ2v) is 9.74. The first kappa shape index (κ1) is 28.4. The molecule has 210 valence electrons. The minimum atomic E-state index is -4.84. The maximum Gasteiger partial charge on any atom is 0.408 e. The second kappa shape index (κ2) is 10.5. The molecule has 1 fully saturated rings. The van der Waals surface area contributed by atoms with Crippen molar-refractivity contribution in [2.24, 2.45) is 5.92 Å². The van der Waals surface area contributed by atoms with Crippen LogP contribution in [0.2, 0.25) is 0 Å². The Hall–Kier alpha value is -3.65. The molecule has 1 aromatic carbocycles. The number of alkyl halides is 3. The van der Waals surface area contributed by atoms with Crippen LogP contribution in [-0.2, 0) is 0 Å². The Kier molecular flexibility index (Phi) is 7.63. The Bertz CT molecular complexity index is 1440. The molecular formula is C25H24F6N4O4. The highest BCUT2D eigenvalue weighted by molar-refractivity contribution is 5.97. The van der Waals surface area contributed by atoms with Crippen molar-refractivity contribution in [1.29, 1.82) is 0 Å². The van der Waals surface area contributed by atoms with Crippen molar-refractivity contribution in [2.75, 3.05) is 18.0 Å². The molecule has 1 amide bonds. The van der Waals surface area contributed by atoms with Crippen molar-refractivity contribution >= 4 is 22.8 Å². The molecule has 1 unspecified atom stereocenters. The zero-order chi connectivity index (χ0) is 28.8. The number of amides is 1. The van der Waals surface area contributed by atoms with E-state index in [4.69, 9.17) is 0 Å². The van der Waals surface area contributed by atoms with E-state index >= 15 is 0 Å². The van der Waals surface area contributed by atoms with Gasteiger partial charge in [0.1, 0.15) is 28.9 Å². The number of carbonyl (C=O) groups excluding carboxylic acids is 1. The lowest BCUT2D eigenvalue weighted by Crippen LogP contribution is -2.47. The molecule has 14 heteroatoms. The van der Waals surface area contributed by atoms with E-state index in [1.165, 1.54) is 24.8 Å². The monoisotopic (exact) mass is 558 g/mol. The number of fused-ring (bicyclic) bond motifs is 1. The molecule has 3 N–H and O–H groups in total. The molecule has 1 aliphatic rings. The predicted molar refractivity (Wildman–Crippen MR) is 128 cm³/mol. The highest BCUT2D eigenvalue weighted by Gasteiger charge is 2.41. The average molecular weight is 558 g/mol. The molecule has 1 aliphatic heterocycles. The van der Waals surface area contributed by atoms with Crippen molar-refractivity contribution in [3.05, 3.63) is 63.7 Å². The molecule has 8 nitrogen and oxygen atoms in total. The van der Waals surface area contributed by atoms with Crippen molar-refractivity contribution in [3.63, 3.8) is 0 Å². The summed E-state index contributed by atoms with van der Waals surface area (Å²) in [6, 6.07) is 0.832. The molecule has 0 saturated carbocycles. The highest BCUT2D eigenvalue weighted by Crippen LogP contribution is 2.28. The number of aliphatic hydroxyl groups excluding tert-OH is 2. The van der Waals surface area contributed by atoms with Gasteiger partial charge in [0, 0.05) is 31.4 Å². The van der Waals surface area contributed by atoms with Gasteiger partial charge in [-0.2, -0.15) is 13.2 Å². The van der Waals surface area contributed by atoms with Crippen LogP contribution in [0.3, 0.4) is 0 Å². The van der Waals surface area contributed by atoms with Gasteiger partial charge in [-0.15, -0.1) is 0 Å². The minimum absolute atomic E-state index is 0.0572. The number of nitrogens with zero attached hydrogens (tertiary/aromatic N) is 3. The van der Waals surface area contributed by atoms with Gasteiger partial charge in [0.2, 0.25) is 5.43 Å². The molecule has 1 saturated heterocycles. The van der Waals surface area contributed by atoms with Gasteiger partial charge >= 0.3 is 6.18 Å². The van der Waals surface area contributed by atoms with E-state index in [0.717, 1.165) is 6.07 Å². The highest BCUT2D eigenvalue weighted by atomic mass is 19.4. The molecule has 2 aromatic heterocycles. The number of halogens is 6. The molecule has 3 aromatic rings. The largest absolute Gasteiger partial charge is 0.408 e. The van der Waals surface area contributed by atoms with Crippen LogP contribution in [0.1, 0.15) is 30.6 Å². The number of rotatable bonds is 6. The Balaban J connectivity index is 1.92. The summed E-state index contributed by atoms with van der Waals surface area (Å²) in [7, 11) is 0. The van der Waals surface area contributed by atoms with Crippen molar-refractivity contribution in [2.45, 2.75) is 44.7 Å². The molecule has 0 spiro atoms. The lowest BCUT2D eigenvalue weighted by Gasteiger charge is -2.23. The predicted octanol–water partition coefficient (Wildman–Crippen LogP) is 3.05. The summed E-state index contributed by atoms with van der Waals surface area (Å²) in [5.74, 6) is -5.95. The third-order valence-corrected chi connectivity index (χ3v) is 6.29. The first-order valence-corrected chi connectivity index (χ1v) is 11.9. The summed E-state index contributed by atoms with van der Waals surface area (Å²) in [6.07, 6.45) is -6.92. The molecule has 0 radical (unpaired) electrons. The summed E-state index contributed by atoms with van der Waals surface area (Å²) in [5.41, 5.74) is -3.25. The van der Waals surface area contributed by atoms with Crippen LogP contribution in [0.4, 0.5) is 32.2 Å². The fourth-order valence-corrected chi connectivity index (χ4v) is 4.40. The van der Waals surface area contributed by atoms with Gasteiger partial charge in [-0.25, -0.2) is 18.2 Å². The summed E-state index contributed by atoms with van der Waals surface area (Å²) in [4.78, 5) is 31.8. The number of β-amino-alcohol motifs (C(OH)–C–C–N with tert-alkyl or cyclic N) is 2. The normalized spacial score (nSPS) is 18.7. The fourth-order valence-electron chi connectivity index (χ4n) is 4.40. The minimum Gasteiger partial charge on any atom is -0.389 e. The topological polar surface area (TPSA) is 108 Å². The van der Waals surface area contributed by atoms with Crippen LogP contribution < -0.4 is 15.6 Å². The van der Waals surface area contributed by atoms with Crippen molar-refractivity contribution < 1.29 is 41.4 Å². The standard InChI is InChI=1S/C25H24F6N4O4/c1-11(2)5-19(25(29,30)31)32-24(39)14-8-35(21-15(27)6-12(26)7-16(21)28)23-13(22(14)38)3-4-20(33-23)34-9-17(36)18(37)10-34/h3-4,6-8,11,17-19,36-37H,5,9-10H2,1-2H3,(H,32,39)/t17-,18-,19?/m1/s1. The summed E-state index contributed by atoms with van der Waals surface area (Å²) < 4.78 is 84.6. The van der Waals surface area contributed by atoms with E-state index in [1.54, 1.807) is 5.32 Å². The third-order valence-electron chi connectivity index (χ3n) is 6.29. The summed E-state index contributed by atoms with van der Waals surface area (Å²) >= 11 is 0. The quantitative estimate of drug-likeness (QED) is 0.402. The fraction of sp³-hybridized carbons (Fsp3) is 0.400. The third kappa shape index (κ3) is 5.71. The average Bonchev–Trinajstić information content (AvgIpc) is 3.16.